The van der Waals surface area contributed by atoms with Crippen LogP contribution in [0.15, 0.2) is 78.9 Å². The number of amides is 1. The smallest absolute Gasteiger partial charge is 0.347 e. The number of carbonyl (C=O) groups is 1. The average Bonchev–Trinajstić information content (AvgIpc) is 3.23. The van der Waals surface area contributed by atoms with Crippen molar-refractivity contribution in [3.05, 3.63) is 107 Å². The van der Waals surface area contributed by atoms with Gasteiger partial charge >= 0.3 is 6.18 Å². The van der Waals surface area contributed by atoms with Crippen LogP contribution in [-0.4, -0.2) is 15.7 Å². The molecule has 1 amide bonds. The molecular formula is C24H16ClF4N3O. The van der Waals surface area contributed by atoms with Gasteiger partial charge in [0.15, 0.2) is 0 Å². The lowest BCUT2D eigenvalue weighted by molar-refractivity contribution is -0.137. The Labute approximate surface area is 191 Å². The van der Waals surface area contributed by atoms with Gasteiger partial charge in [-0.3, -0.25) is 4.79 Å². The monoisotopic (exact) mass is 473 g/mol. The summed E-state index contributed by atoms with van der Waals surface area (Å²) >= 11 is 6.07. The van der Waals surface area contributed by atoms with E-state index in [4.69, 9.17) is 11.6 Å². The van der Waals surface area contributed by atoms with E-state index in [0.29, 0.717) is 10.7 Å². The molecule has 0 aliphatic heterocycles. The maximum absolute atomic E-state index is 14.3. The molecule has 4 rings (SSSR count). The Morgan fingerprint density at radius 2 is 1.73 bits per heavy atom. The van der Waals surface area contributed by atoms with Crippen molar-refractivity contribution in [2.24, 2.45) is 0 Å². The Morgan fingerprint density at radius 3 is 2.45 bits per heavy atom. The van der Waals surface area contributed by atoms with Gasteiger partial charge in [0.25, 0.3) is 5.91 Å². The second-order valence-electron chi connectivity index (χ2n) is 7.17. The fraction of sp³-hybridized carbons (Fsp3) is 0.0833. The van der Waals surface area contributed by atoms with Gasteiger partial charge in [-0.2, -0.15) is 18.3 Å². The average molecular weight is 474 g/mol. The molecule has 4 aromatic rings. The molecule has 33 heavy (non-hydrogen) atoms. The van der Waals surface area contributed by atoms with Crippen molar-refractivity contribution in [3.63, 3.8) is 0 Å². The number of nitrogens with zero attached hydrogens (tertiary/aromatic N) is 2. The van der Waals surface area contributed by atoms with Crippen LogP contribution in [0.1, 0.15) is 21.6 Å². The van der Waals surface area contributed by atoms with E-state index in [1.54, 1.807) is 30.3 Å². The molecular weight excluding hydrogens is 458 g/mol. The van der Waals surface area contributed by atoms with Crippen molar-refractivity contribution in [3.8, 4) is 16.9 Å². The molecule has 3 aromatic carbocycles. The number of aromatic nitrogens is 2. The zero-order valence-corrected chi connectivity index (χ0v) is 17.7. The molecule has 0 atom stereocenters. The van der Waals surface area contributed by atoms with E-state index in [1.165, 1.54) is 41.1 Å². The summed E-state index contributed by atoms with van der Waals surface area (Å²) in [6, 6.07) is 18.7. The molecule has 0 saturated carbocycles. The Morgan fingerprint density at radius 1 is 0.970 bits per heavy atom. The minimum absolute atomic E-state index is 0.0718. The lowest BCUT2D eigenvalue weighted by Gasteiger charge is -2.11. The predicted octanol–water partition coefficient (Wildman–Crippen LogP) is 6.28. The van der Waals surface area contributed by atoms with Crippen molar-refractivity contribution in [1.82, 2.24) is 15.1 Å². The first-order valence-electron chi connectivity index (χ1n) is 9.77. The van der Waals surface area contributed by atoms with Crippen LogP contribution < -0.4 is 5.32 Å². The predicted molar refractivity (Wildman–Crippen MR) is 117 cm³/mol. The topological polar surface area (TPSA) is 46.9 Å². The van der Waals surface area contributed by atoms with Crippen LogP contribution in [0, 0.1) is 5.82 Å². The van der Waals surface area contributed by atoms with E-state index in [-0.39, 0.29) is 29.1 Å². The molecule has 0 aliphatic carbocycles. The molecule has 0 bridgehead atoms. The molecule has 1 N–H and O–H groups in total. The van der Waals surface area contributed by atoms with Crippen LogP contribution >= 0.6 is 11.6 Å². The summed E-state index contributed by atoms with van der Waals surface area (Å²) in [5, 5.41) is 7.40. The molecule has 0 spiro atoms. The summed E-state index contributed by atoms with van der Waals surface area (Å²) in [7, 11) is 0. The number of carbonyl (C=O) groups excluding carboxylic acids is 1. The first-order chi connectivity index (χ1) is 15.7. The molecule has 9 heteroatoms. The van der Waals surface area contributed by atoms with E-state index >= 15 is 0 Å². The molecule has 4 nitrogen and oxygen atoms in total. The van der Waals surface area contributed by atoms with Gasteiger partial charge in [0.1, 0.15) is 11.5 Å². The van der Waals surface area contributed by atoms with Gasteiger partial charge in [0.2, 0.25) is 0 Å². The Hall–Kier alpha value is -3.65. The zero-order valence-electron chi connectivity index (χ0n) is 16.9. The number of halogens is 5. The van der Waals surface area contributed by atoms with Gasteiger partial charge < -0.3 is 5.32 Å². The van der Waals surface area contributed by atoms with E-state index in [2.05, 4.69) is 10.4 Å². The third-order valence-corrected chi connectivity index (χ3v) is 5.09. The standard InChI is InChI=1S/C24H16ClF4N3O/c25-17-7-4-8-18(12-17)32-22(13-21(31-32)19-9-1-2-10-20(19)26)23(33)30-14-15-5-3-6-16(11-15)24(27,28)29/h1-13H,14H2,(H,30,33). The van der Waals surface area contributed by atoms with Crippen molar-refractivity contribution in [2.45, 2.75) is 12.7 Å². The summed E-state index contributed by atoms with van der Waals surface area (Å²) in [5.41, 5.74) is 0.431. The van der Waals surface area contributed by atoms with Crippen LogP contribution in [0.4, 0.5) is 17.6 Å². The maximum Gasteiger partial charge on any atom is 0.416 e. The number of benzene rings is 3. The van der Waals surface area contributed by atoms with Crippen molar-refractivity contribution in [1.29, 1.82) is 0 Å². The first kappa shape index (κ1) is 22.5. The first-order valence-corrected chi connectivity index (χ1v) is 10.2. The van der Waals surface area contributed by atoms with E-state index in [9.17, 15) is 22.4 Å². The van der Waals surface area contributed by atoms with Crippen molar-refractivity contribution in [2.75, 3.05) is 0 Å². The Balaban J connectivity index is 1.67. The van der Waals surface area contributed by atoms with Crippen LogP contribution in [0.2, 0.25) is 5.02 Å². The van der Waals surface area contributed by atoms with Gasteiger partial charge in [-0.05, 0) is 54.1 Å². The highest BCUT2D eigenvalue weighted by molar-refractivity contribution is 6.30. The maximum atomic E-state index is 14.3. The fourth-order valence-corrected chi connectivity index (χ4v) is 3.46. The molecule has 1 heterocycles. The largest absolute Gasteiger partial charge is 0.416 e. The Bertz CT molecular complexity index is 1320. The normalized spacial score (nSPS) is 11.4. The van der Waals surface area contributed by atoms with Crippen molar-refractivity contribution >= 4 is 17.5 Å². The van der Waals surface area contributed by atoms with Crippen LogP contribution in [-0.2, 0) is 12.7 Å². The number of rotatable bonds is 5. The van der Waals surface area contributed by atoms with E-state index < -0.39 is 23.5 Å². The van der Waals surface area contributed by atoms with Crippen LogP contribution in [0.3, 0.4) is 0 Å². The van der Waals surface area contributed by atoms with E-state index in [1.807, 2.05) is 0 Å². The quantitative estimate of drug-likeness (QED) is 0.347. The van der Waals surface area contributed by atoms with E-state index in [0.717, 1.165) is 12.1 Å². The summed E-state index contributed by atoms with van der Waals surface area (Å²) in [6.45, 7) is -0.140. The second kappa shape index (κ2) is 9.07. The highest BCUT2D eigenvalue weighted by atomic mass is 35.5. The molecule has 0 fully saturated rings. The van der Waals surface area contributed by atoms with Gasteiger partial charge in [-0.25, -0.2) is 9.07 Å². The summed E-state index contributed by atoms with van der Waals surface area (Å²) in [5.74, 6) is -1.10. The zero-order chi connectivity index (χ0) is 23.6. The fourth-order valence-electron chi connectivity index (χ4n) is 3.28. The molecule has 168 valence electrons. The third-order valence-electron chi connectivity index (χ3n) is 4.85. The molecule has 0 aliphatic rings. The Kier molecular flexibility index (Phi) is 6.20. The highest BCUT2D eigenvalue weighted by Crippen LogP contribution is 2.29. The summed E-state index contributed by atoms with van der Waals surface area (Å²) in [4.78, 5) is 13.0. The SMILES string of the molecule is O=C(NCc1cccc(C(F)(F)F)c1)c1cc(-c2ccccc2F)nn1-c1cccc(Cl)c1. The molecule has 0 radical (unpaired) electrons. The van der Waals surface area contributed by atoms with Gasteiger partial charge in [-0.15, -0.1) is 0 Å². The molecule has 0 unspecified atom stereocenters. The minimum atomic E-state index is -4.49. The summed E-state index contributed by atoms with van der Waals surface area (Å²) < 4.78 is 54.5. The number of hydrogen-bond donors (Lipinski definition) is 1. The highest BCUT2D eigenvalue weighted by Gasteiger charge is 2.30. The van der Waals surface area contributed by atoms with Gasteiger partial charge in [-0.1, -0.05) is 41.9 Å². The third kappa shape index (κ3) is 5.06. The van der Waals surface area contributed by atoms with Gasteiger partial charge in [0.05, 0.1) is 16.9 Å². The second-order valence-corrected chi connectivity index (χ2v) is 7.60. The molecule has 0 saturated heterocycles. The summed E-state index contributed by atoms with van der Waals surface area (Å²) in [6.07, 6.45) is -4.49. The number of hydrogen-bond acceptors (Lipinski definition) is 2. The lowest BCUT2D eigenvalue weighted by atomic mass is 10.1. The number of nitrogens with one attached hydrogen (secondary N) is 1. The number of alkyl halides is 3. The lowest BCUT2D eigenvalue weighted by Crippen LogP contribution is -2.25. The van der Waals surface area contributed by atoms with Crippen LogP contribution in [0.5, 0.6) is 0 Å². The van der Waals surface area contributed by atoms with Gasteiger partial charge in [0, 0.05) is 17.1 Å². The van der Waals surface area contributed by atoms with Crippen LogP contribution in [0.25, 0.3) is 16.9 Å². The van der Waals surface area contributed by atoms with Crippen molar-refractivity contribution < 1.29 is 22.4 Å². The molecule has 1 aromatic heterocycles. The minimum Gasteiger partial charge on any atom is -0.347 e.